The Labute approximate surface area is 146 Å². The number of halogens is 1. The summed E-state index contributed by atoms with van der Waals surface area (Å²) in [4.78, 5) is 23.4. The number of rotatable bonds is 4. The maximum absolute atomic E-state index is 13.1. The second-order valence-corrected chi connectivity index (χ2v) is 6.81. The van der Waals surface area contributed by atoms with Crippen molar-refractivity contribution in [2.45, 2.75) is 31.7 Å². The van der Waals surface area contributed by atoms with E-state index in [-0.39, 0.29) is 17.6 Å². The summed E-state index contributed by atoms with van der Waals surface area (Å²) in [6, 6.07) is 8.43. The van der Waals surface area contributed by atoms with Crippen LogP contribution in [-0.4, -0.2) is 35.0 Å². The van der Waals surface area contributed by atoms with E-state index in [4.69, 9.17) is 0 Å². The first kappa shape index (κ1) is 16.0. The van der Waals surface area contributed by atoms with Crippen LogP contribution in [0.1, 0.15) is 25.7 Å². The summed E-state index contributed by atoms with van der Waals surface area (Å²) in [5.74, 6) is 1.29. The lowest BCUT2D eigenvalue weighted by Crippen LogP contribution is -2.44. The van der Waals surface area contributed by atoms with Crippen molar-refractivity contribution in [3.63, 3.8) is 0 Å². The van der Waals surface area contributed by atoms with E-state index in [1.807, 2.05) is 6.07 Å². The molecule has 1 N–H and O–H groups in total. The number of benzene rings is 1. The molecule has 6 heteroatoms. The van der Waals surface area contributed by atoms with Crippen molar-refractivity contribution >= 4 is 11.7 Å². The first-order valence-corrected chi connectivity index (χ1v) is 8.83. The van der Waals surface area contributed by atoms with Crippen molar-refractivity contribution < 1.29 is 9.18 Å². The topological polar surface area (TPSA) is 58.1 Å². The van der Waals surface area contributed by atoms with E-state index in [1.165, 1.54) is 12.1 Å². The lowest BCUT2D eigenvalue weighted by atomic mass is 9.97. The fourth-order valence-electron chi connectivity index (χ4n) is 3.21. The smallest absolute Gasteiger partial charge is 0.225 e. The molecule has 1 amide bonds. The molecule has 0 unspecified atom stereocenters. The lowest BCUT2D eigenvalue weighted by Gasteiger charge is -2.33. The number of amides is 1. The summed E-state index contributed by atoms with van der Waals surface area (Å²) in [6.45, 7) is 1.56. The van der Waals surface area contributed by atoms with Crippen LogP contribution in [0.2, 0.25) is 0 Å². The van der Waals surface area contributed by atoms with Crippen LogP contribution in [0.4, 0.5) is 10.2 Å². The molecular formula is C19H21FN4O. The molecule has 0 radical (unpaired) electrons. The van der Waals surface area contributed by atoms with Gasteiger partial charge in [-0.1, -0.05) is 0 Å². The molecule has 130 valence electrons. The maximum Gasteiger partial charge on any atom is 0.225 e. The molecule has 2 fully saturated rings. The average Bonchev–Trinajstić information content (AvgIpc) is 3.46. The van der Waals surface area contributed by atoms with Crippen LogP contribution in [0.15, 0.2) is 36.5 Å². The third kappa shape index (κ3) is 3.78. The zero-order valence-electron chi connectivity index (χ0n) is 14.0. The number of anilines is 1. The van der Waals surface area contributed by atoms with E-state index in [1.54, 1.807) is 18.3 Å². The summed E-state index contributed by atoms with van der Waals surface area (Å²) < 4.78 is 13.1. The maximum atomic E-state index is 13.1. The van der Waals surface area contributed by atoms with E-state index in [9.17, 15) is 9.18 Å². The third-order valence-electron chi connectivity index (χ3n) is 4.78. The van der Waals surface area contributed by atoms with E-state index in [2.05, 4.69) is 20.2 Å². The molecule has 5 nitrogen and oxygen atoms in total. The van der Waals surface area contributed by atoms with Gasteiger partial charge in [0.1, 0.15) is 11.6 Å². The number of nitrogens with zero attached hydrogens (tertiary/aromatic N) is 3. The van der Waals surface area contributed by atoms with Crippen LogP contribution in [0, 0.1) is 11.7 Å². The number of hydrogen-bond donors (Lipinski definition) is 1. The summed E-state index contributed by atoms with van der Waals surface area (Å²) in [6.07, 6.45) is 5.82. The number of piperidine rings is 1. The summed E-state index contributed by atoms with van der Waals surface area (Å²) in [7, 11) is 0. The molecule has 4 rings (SSSR count). The largest absolute Gasteiger partial charge is 0.356 e. The van der Waals surface area contributed by atoms with Gasteiger partial charge in [-0.25, -0.2) is 14.4 Å². The van der Waals surface area contributed by atoms with E-state index >= 15 is 0 Å². The van der Waals surface area contributed by atoms with E-state index < -0.39 is 0 Å². The predicted octanol–water partition coefficient (Wildman–Crippen LogP) is 2.78. The number of hydrogen-bond acceptors (Lipinski definition) is 4. The van der Waals surface area contributed by atoms with Crippen molar-refractivity contribution in [2.24, 2.45) is 5.92 Å². The molecule has 2 aromatic rings. The first-order chi connectivity index (χ1) is 12.2. The van der Waals surface area contributed by atoms with Gasteiger partial charge in [0.25, 0.3) is 0 Å². The number of carbonyl (C=O) groups excluding carboxylic acids is 1. The molecule has 1 aliphatic carbocycles. The van der Waals surface area contributed by atoms with Crippen molar-refractivity contribution in [1.82, 2.24) is 15.3 Å². The van der Waals surface area contributed by atoms with Crippen molar-refractivity contribution in [3.05, 3.63) is 42.3 Å². The van der Waals surface area contributed by atoms with E-state index in [0.29, 0.717) is 18.4 Å². The SMILES string of the molecule is O=C(NC1CC1)[C@@H]1CCCN(c2ccnc(-c3ccc(F)cc3)n2)C1. The quantitative estimate of drug-likeness (QED) is 0.930. The predicted molar refractivity (Wildman–Crippen MR) is 93.5 cm³/mol. The molecule has 2 heterocycles. The minimum absolute atomic E-state index is 0.0126. The highest BCUT2D eigenvalue weighted by Crippen LogP contribution is 2.25. The molecule has 2 aliphatic rings. The van der Waals surface area contributed by atoms with Crippen molar-refractivity contribution in [2.75, 3.05) is 18.0 Å². The molecule has 1 aromatic heterocycles. The fourth-order valence-corrected chi connectivity index (χ4v) is 3.21. The van der Waals surface area contributed by atoms with Crippen LogP contribution in [0.3, 0.4) is 0 Å². The van der Waals surface area contributed by atoms with Crippen molar-refractivity contribution in [1.29, 1.82) is 0 Å². The minimum atomic E-state index is -0.277. The monoisotopic (exact) mass is 340 g/mol. The molecule has 1 saturated carbocycles. The number of carbonyl (C=O) groups is 1. The van der Waals surface area contributed by atoms with Gasteiger partial charge >= 0.3 is 0 Å². The van der Waals surface area contributed by atoms with Crippen LogP contribution in [-0.2, 0) is 4.79 Å². The van der Waals surface area contributed by atoms with Gasteiger partial charge in [0.2, 0.25) is 5.91 Å². The average molecular weight is 340 g/mol. The first-order valence-electron chi connectivity index (χ1n) is 8.83. The van der Waals surface area contributed by atoms with Gasteiger partial charge in [-0.3, -0.25) is 4.79 Å². The molecule has 1 aliphatic heterocycles. The number of aromatic nitrogens is 2. The molecule has 0 bridgehead atoms. The summed E-state index contributed by atoms with van der Waals surface area (Å²) in [5.41, 5.74) is 0.781. The van der Waals surface area contributed by atoms with Crippen LogP contribution in [0.25, 0.3) is 11.4 Å². The van der Waals surface area contributed by atoms with Gasteiger partial charge in [0, 0.05) is 30.9 Å². The van der Waals surface area contributed by atoms with Gasteiger partial charge in [0.15, 0.2) is 5.82 Å². The Morgan fingerprint density at radius 3 is 2.72 bits per heavy atom. The highest BCUT2D eigenvalue weighted by molar-refractivity contribution is 5.80. The molecule has 1 saturated heterocycles. The Morgan fingerprint density at radius 1 is 1.16 bits per heavy atom. The number of nitrogens with one attached hydrogen (secondary N) is 1. The fraction of sp³-hybridized carbons (Fsp3) is 0.421. The summed E-state index contributed by atoms with van der Waals surface area (Å²) >= 11 is 0. The van der Waals surface area contributed by atoms with Gasteiger partial charge in [-0.2, -0.15) is 0 Å². The highest BCUT2D eigenvalue weighted by Gasteiger charge is 2.30. The zero-order valence-corrected chi connectivity index (χ0v) is 14.0. The van der Waals surface area contributed by atoms with Crippen LogP contribution in [0.5, 0.6) is 0 Å². The Balaban J connectivity index is 1.49. The third-order valence-corrected chi connectivity index (χ3v) is 4.78. The van der Waals surface area contributed by atoms with Crippen LogP contribution >= 0.6 is 0 Å². The van der Waals surface area contributed by atoms with Crippen molar-refractivity contribution in [3.8, 4) is 11.4 Å². The Kier molecular flexibility index (Phi) is 4.34. The minimum Gasteiger partial charge on any atom is -0.356 e. The standard InChI is InChI=1S/C19H21FN4O/c20-15-5-3-13(4-6-15)18-21-10-9-17(23-18)24-11-1-2-14(12-24)19(25)22-16-7-8-16/h3-6,9-10,14,16H,1-2,7-8,11-12H2,(H,22,25)/t14-/m1/s1. The lowest BCUT2D eigenvalue weighted by molar-refractivity contribution is -0.125. The van der Waals surface area contributed by atoms with Crippen LogP contribution < -0.4 is 10.2 Å². The van der Waals surface area contributed by atoms with Gasteiger partial charge in [0.05, 0.1) is 5.92 Å². The highest BCUT2D eigenvalue weighted by atomic mass is 19.1. The molecule has 0 spiro atoms. The summed E-state index contributed by atoms with van der Waals surface area (Å²) in [5, 5.41) is 3.10. The van der Waals surface area contributed by atoms with E-state index in [0.717, 1.165) is 43.6 Å². The van der Waals surface area contributed by atoms with Gasteiger partial charge < -0.3 is 10.2 Å². The molecule has 25 heavy (non-hydrogen) atoms. The molecule has 1 atom stereocenters. The Bertz CT molecular complexity index is 760. The molecule has 1 aromatic carbocycles. The second-order valence-electron chi connectivity index (χ2n) is 6.81. The Morgan fingerprint density at radius 2 is 1.96 bits per heavy atom. The second kappa shape index (κ2) is 6.78. The van der Waals surface area contributed by atoms with Gasteiger partial charge in [-0.15, -0.1) is 0 Å². The van der Waals surface area contributed by atoms with Gasteiger partial charge in [-0.05, 0) is 56.0 Å². The Hall–Kier alpha value is -2.50. The molecular weight excluding hydrogens is 319 g/mol. The zero-order chi connectivity index (χ0) is 17.2. The normalized spacial score (nSPS) is 20.4.